The third kappa shape index (κ3) is 10.4. The van der Waals surface area contributed by atoms with Crippen molar-refractivity contribution in [2.75, 3.05) is 39.8 Å². The van der Waals surface area contributed by atoms with Crippen LogP contribution in [0.1, 0.15) is 31.7 Å². The van der Waals surface area contributed by atoms with Crippen LogP contribution >= 0.6 is 24.0 Å². The van der Waals surface area contributed by atoms with Crippen molar-refractivity contribution in [1.29, 1.82) is 0 Å². The van der Waals surface area contributed by atoms with Crippen molar-refractivity contribution in [2.45, 2.75) is 38.9 Å². The zero-order valence-electron chi connectivity index (χ0n) is 17.1. The highest BCUT2D eigenvalue weighted by atomic mass is 127. The summed E-state index contributed by atoms with van der Waals surface area (Å²) in [6, 6.07) is 6.57. The van der Waals surface area contributed by atoms with E-state index in [2.05, 4.69) is 27.4 Å². The molecule has 1 fully saturated rings. The van der Waals surface area contributed by atoms with Crippen LogP contribution in [0.5, 0.6) is 5.75 Å². The van der Waals surface area contributed by atoms with Crippen molar-refractivity contribution < 1.29 is 17.9 Å². The lowest BCUT2D eigenvalue weighted by molar-refractivity contribution is -0.153. The van der Waals surface area contributed by atoms with Gasteiger partial charge in [-0.05, 0) is 62.5 Å². The van der Waals surface area contributed by atoms with Crippen LogP contribution in [-0.2, 0) is 6.54 Å². The minimum absolute atomic E-state index is 0. The maximum Gasteiger partial charge on any atom is 0.422 e. The molecule has 29 heavy (non-hydrogen) atoms. The summed E-state index contributed by atoms with van der Waals surface area (Å²) in [6.45, 7) is 5.86. The van der Waals surface area contributed by atoms with E-state index < -0.39 is 12.8 Å². The Hall–Kier alpha value is -1.23. The molecule has 0 aromatic heterocycles. The maximum absolute atomic E-state index is 12.2. The number of ether oxygens (including phenoxy) is 1. The minimum atomic E-state index is -4.33. The average molecular weight is 528 g/mol. The molecule has 0 aliphatic carbocycles. The standard InChI is InChI=1S/C20H31F3N4O.HI/c1-3-27-12-9-16(10-13-27)8-11-25-19(24-2)26-14-17-4-6-18(7-5-17)28-15-20(21,22)23;/h4-7,16H,3,8-15H2,1-2H3,(H2,24,25,26);1H. The van der Waals surface area contributed by atoms with Crippen molar-refractivity contribution >= 4 is 29.9 Å². The van der Waals surface area contributed by atoms with E-state index in [1.54, 1.807) is 31.3 Å². The second-order valence-electron chi connectivity index (χ2n) is 7.07. The van der Waals surface area contributed by atoms with E-state index in [-0.39, 0.29) is 29.7 Å². The fraction of sp³-hybridized carbons (Fsp3) is 0.650. The number of aliphatic imine (C=N–C) groups is 1. The Balaban J connectivity index is 0.00000420. The topological polar surface area (TPSA) is 48.9 Å². The van der Waals surface area contributed by atoms with Crippen LogP contribution in [0.4, 0.5) is 13.2 Å². The van der Waals surface area contributed by atoms with Crippen LogP contribution in [0.25, 0.3) is 0 Å². The van der Waals surface area contributed by atoms with Gasteiger partial charge in [0.05, 0.1) is 0 Å². The fourth-order valence-corrected chi connectivity index (χ4v) is 3.26. The lowest BCUT2D eigenvalue weighted by Gasteiger charge is -2.31. The van der Waals surface area contributed by atoms with E-state index in [0.717, 1.165) is 37.0 Å². The first-order valence-electron chi connectivity index (χ1n) is 9.85. The molecule has 2 N–H and O–H groups in total. The van der Waals surface area contributed by atoms with E-state index >= 15 is 0 Å². The van der Waals surface area contributed by atoms with Crippen LogP contribution in [0.15, 0.2) is 29.3 Å². The van der Waals surface area contributed by atoms with Crippen molar-refractivity contribution in [3.8, 4) is 5.75 Å². The number of nitrogens with zero attached hydrogens (tertiary/aromatic N) is 2. The van der Waals surface area contributed by atoms with Crippen LogP contribution in [0.3, 0.4) is 0 Å². The van der Waals surface area contributed by atoms with Crippen LogP contribution in [0, 0.1) is 5.92 Å². The molecule has 0 atom stereocenters. The van der Waals surface area contributed by atoms with Crippen molar-refractivity contribution in [1.82, 2.24) is 15.5 Å². The van der Waals surface area contributed by atoms with Gasteiger partial charge in [-0.25, -0.2) is 0 Å². The number of alkyl halides is 3. The molecule has 1 saturated heterocycles. The van der Waals surface area contributed by atoms with Crippen molar-refractivity contribution in [2.24, 2.45) is 10.9 Å². The third-order valence-corrected chi connectivity index (χ3v) is 5.01. The zero-order valence-corrected chi connectivity index (χ0v) is 19.4. The van der Waals surface area contributed by atoms with Gasteiger partial charge in [0.2, 0.25) is 0 Å². The number of benzene rings is 1. The molecule has 0 amide bonds. The van der Waals surface area contributed by atoms with Gasteiger partial charge in [0.1, 0.15) is 5.75 Å². The highest BCUT2D eigenvalue weighted by Gasteiger charge is 2.28. The molecule has 5 nitrogen and oxygen atoms in total. The lowest BCUT2D eigenvalue weighted by atomic mass is 9.93. The van der Waals surface area contributed by atoms with Gasteiger partial charge in [-0.2, -0.15) is 13.2 Å². The first kappa shape index (κ1) is 25.8. The number of hydrogen-bond acceptors (Lipinski definition) is 3. The van der Waals surface area contributed by atoms with Gasteiger partial charge in [-0.3, -0.25) is 4.99 Å². The minimum Gasteiger partial charge on any atom is -0.484 e. The van der Waals surface area contributed by atoms with Gasteiger partial charge in [-0.15, -0.1) is 24.0 Å². The number of rotatable bonds is 8. The van der Waals surface area contributed by atoms with E-state index in [1.165, 1.54) is 25.9 Å². The number of guanidine groups is 1. The van der Waals surface area contributed by atoms with Crippen molar-refractivity contribution in [3.05, 3.63) is 29.8 Å². The summed E-state index contributed by atoms with van der Waals surface area (Å²) in [4.78, 5) is 6.71. The molecule has 9 heteroatoms. The zero-order chi connectivity index (χ0) is 20.4. The lowest BCUT2D eigenvalue weighted by Crippen LogP contribution is -2.39. The molecule has 1 aromatic rings. The van der Waals surface area contributed by atoms with Crippen molar-refractivity contribution in [3.63, 3.8) is 0 Å². The molecule has 2 rings (SSSR count). The summed E-state index contributed by atoms with van der Waals surface area (Å²) in [5.74, 6) is 1.69. The number of halogens is 4. The van der Waals surface area contributed by atoms with Gasteiger partial charge in [0.25, 0.3) is 0 Å². The predicted octanol–water partition coefficient (Wildman–Crippen LogP) is 4.03. The van der Waals surface area contributed by atoms with Crippen LogP contribution in [0.2, 0.25) is 0 Å². The number of piperidine rings is 1. The van der Waals surface area contributed by atoms with E-state index in [4.69, 9.17) is 4.74 Å². The molecule has 0 unspecified atom stereocenters. The van der Waals surface area contributed by atoms with Gasteiger partial charge in [0, 0.05) is 20.1 Å². The number of hydrogen-bond donors (Lipinski definition) is 2. The second-order valence-corrected chi connectivity index (χ2v) is 7.07. The third-order valence-electron chi connectivity index (χ3n) is 5.01. The molecule has 0 saturated carbocycles. The molecule has 1 aromatic carbocycles. The quantitative estimate of drug-likeness (QED) is 0.304. The smallest absolute Gasteiger partial charge is 0.422 e. The number of nitrogens with one attached hydrogen (secondary N) is 2. The summed E-state index contributed by atoms with van der Waals surface area (Å²) in [6.07, 6.45) is -0.691. The molecule has 0 radical (unpaired) electrons. The SMILES string of the molecule is CCN1CCC(CCNC(=NC)NCc2ccc(OCC(F)(F)F)cc2)CC1.I. The Morgan fingerprint density at radius 3 is 2.38 bits per heavy atom. The largest absolute Gasteiger partial charge is 0.484 e. The van der Waals surface area contributed by atoms with Crippen LogP contribution < -0.4 is 15.4 Å². The summed E-state index contributed by atoms with van der Waals surface area (Å²) in [7, 11) is 1.73. The summed E-state index contributed by atoms with van der Waals surface area (Å²) in [5, 5.41) is 6.56. The Morgan fingerprint density at radius 1 is 1.17 bits per heavy atom. The monoisotopic (exact) mass is 528 g/mol. The predicted molar refractivity (Wildman–Crippen MR) is 121 cm³/mol. The highest BCUT2D eigenvalue weighted by molar-refractivity contribution is 14.0. The molecule has 1 heterocycles. The second kappa shape index (κ2) is 13.1. The van der Waals surface area contributed by atoms with E-state index in [0.29, 0.717) is 6.54 Å². The fourth-order valence-electron chi connectivity index (χ4n) is 3.26. The molecular weight excluding hydrogens is 496 g/mol. The first-order chi connectivity index (χ1) is 13.4. The van der Waals surface area contributed by atoms with E-state index in [1.807, 2.05) is 0 Å². The molecular formula is C20H32F3IN4O. The van der Waals surface area contributed by atoms with Gasteiger partial charge >= 0.3 is 6.18 Å². The van der Waals surface area contributed by atoms with E-state index in [9.17, 15) is 13.2 Å². The molecule has 1 aliphatic rings. The maximum atomic E-state index is 12.2. The Bertz CT molecular complexity index is 603. The number of likely N-dealkylation sites (tertiary alicyclic amines) is 1. The normalized spacial score (nSPS) is 16.2. The van der Waals surface area contributed by atoms with Gasteiger partial charge in [-0.1, -0.05) is 19.1 Å². The van der Waals surface area contributed by atoms with Gasteiger partial charge in [0.15, 0.2) is 12.6 Å². The molecule has 0 bridgehead atoms. The molecule has 0 spiro atoms. The summed E-state index contributed by atoms with van der Waals surface area (Å²) >= 11 is 0. The summed E-state index contributed by atoms with van der Waals surface area (Å²) in [5.41, 5.74) is 0.939. The Morgan fingerprint density at radius 2 is 1.83 bits per heavy atom. The Labute approximate surface area is 188 Å². The first-order valence-corrected chi connectivity index (χ1v) is 9.85. The van der Waals surface area contributed by atoms with Crippen LogP contribution in [-0.4, -0.2) is 56.9 Å². The Kier molecular flexibility index (Phi) is 11.7. The average Bonchev–Trinajstić information content (AvgIpc) is 2.69. The molecule has 1 aliphatic heterocycles. The molecule has 166 valence electrons. The summed E-state index contributed by atoms with van der Waals surface area (Å²) < 4.78 is 41.2. The highest BCUT2D eigenvalue weighted by Crippen LogP contribution is 2.20. The van der Waals surface area contributed by atoms with Gasteiger partial charge < -0.3 is 20.3 Å².